The molecule has 0 bridgehead atoms. The maximum atomic E-state index is 12.7. The predicted molar refractivity (Wildman–Crippen MR) is 118 cm³/mol. The van der Waals surface area contributed by atoms with Gasteiger partial charge in [-0.05, 0) is 42.3 Å². The minimum atomic E-state index is -2.86. The highest BCUT2D eigenvalue weighted by molar-refractivity contribution is 5.96. The molecule has 1 fully saturated rings. The maximum absolute atomic E-state index is 12.7. The number of methoxy groups -OCH3 is 1. The number of hydrogen-bond donors (Lipinski definition) is 2. The van der Waals surface area contributed by atoms with Gasteiger partial charge in [-0.1, -0.05) is 12.1 Å². The third kappa shape index (κ3) is 7.31. The van der Waals surface area contributed by atoms with E-state index in [4.69, 9.17) is 9.47 Å². The van der Waals surface area contributed by atoms with E-state index in [1.807, 2.05) is 0 Å². The van der Waals surface area contributed by atoms with E-state index in [2.05, 4.69) is 15.4 Å². The van der Waals surface area contributed by atoms with Crippen LogP contribution in [0.15, 0.2) is 42.5 Å². The van der Waals surface area contributed by atoms with Crippen molar-refractivity contribution in [1.29, 1.82) is 0 Å². The molecule has 1 aliphatic heterocycles. The Morgan fingerprint density at radius 1 is 1.12 bits per heavy atom. The second-order valence-electron chi connectivity index (χ2n) is 7.30. The molecule has 2 N–H and O–H groups in total. The van der Waals surface area contributed by atoms with Crippen LogP contribution >= 0.6 is 0 Å². The van der Waals surface area contributed by atoms with Gasteiger partial charge in [0.25, 0.3) is 5.91 Å². The Bertz CT molecular complexity index is 934. The van der Waals surface area contributed by atoms with Crippen molar-refractivity contribution in [2.24, 2.45) is 0 Å². The van der Waals surface area contributed by atoms with Crippen LogP contribution in [0, 0.1) is 0 Å². The van der Waals surface area contributed by atoms with Gasteiger partial charge >= 0.3 is 6.61 Å². The topological polar surface area (TPSA) is 89.1 Å². The second-order valence-corrected chi connectivity index (χ2v) is 7.30. The Hall–Kier alpha value is -3.40. The number of carbonyl (C=O) groups is 2. The number of amides is 2. The van der Waals surface area contributed by atoms with E-state index in [1.54, 1.807) is 35.2 Å². The van der Waals surface area contributed by atoms with Crippen molar-refractivity contribution in [2.75, 3.05) is 51.8 Å². The van der Waals surface area contributed by atoms with Crippen LogP contribution in [0.2, 0.25) is 0 Å². The van der Waals surface area contributed by atoms with E-state index in [0.717, 1.165) is 5.56 Å². The second kappa shape index (κ2) is 12.0. The first-order valence-electron chi connectivity index (χ1n) is 10.6. The molecule has 33 heavy (non-hydrogen) atoms. The highest BCUT2D eigenvalue weighted by Crippen LogP contribution is 2.26. The van der Waals surface area contributed by atoms with Crippen molar-refractivity contribution in [3.8, 4) is 11.5 Å². The molecule has 10 heteroatoms. The average Bonchev–Trinajstić information content (AvgIpc) is 2.83. The molecule has 0 spiro atoms. The van der Waals surface area contributed by atoms with Crippen molar-refractivity contribution in [2.45, 2.75) is 13.0 Å². The number of anilines is 1. The van der Waals surface area contributed by atoms with E-state index in [9.17, 15) is 18.4 Å². The van der Waals surface area contributed by atoms with Crippen LogP contribution in [0.3, 0.4) is 0 Å². The highest BCUT2D eigenvalue weighted by atomic mass is 19.3. The highest BCUT2D eigenvalue weighted by Gasteiger charge is 2.20. The van der Waals surface area contributed by atoms with Crippen molar-refractivity contribution in [3.05, 3.63) is 53.6 Å². The molecule has 2 aromatic rings. The summed E-state index contributed by atoms with van der Waals surface area (Å²) in [7, 11) is 1.52. The van der Waals surface area contributed by atoms with E-state index in [0.29, 0.717) is 56.3 Å². The lowest BCUT2D eigenvalue weighted by Crippen LogP contribution is -2.40. The molecule has 0 unspecified atom stereocenters. The Kier molecular flexibility index (Phi) is 8.82. The molecular weight excluding hydrogens is 436 g/mol. The lowest BCUT2D eigenvalue weighted by molar-refractivity contribution is -0.119. The molecule has 1 saturated heterocycles. The van der Waals surface area contributed by atoms with Crippen LogP contribution in [-0.4, -0.2) is 69.8 Å². The number of alkyl halides is 2. The quantitative estimate of drug-likeness (QED) is 0.563. The predicted octanol–water partition coefficient (Wildman–Crippen LogP) is 2.54. The molecule has 0 atom stereocenters. The molecule has 1 aliphatic rings. The number of halogens is 2. The summed E-state index contributed by atoms with van der Waals surface area (Å²) < 4.78 is 39.3. The lowest BCUT2D eigenvalue weighted by atomic mass is 10.1. The summed E-state index contributed by atoms with van der Waals surface area (Å²) in [6, 6.07) is 11.3. The van der Waals surface area contributed by atoms with Gasteiger partial charge in [0, 0.05) is 25.2 Å². The van der Waals surface area contributed by atoms with Gasteiger partial charge in [0.2, 0.25) is 5.91 Å². The Morgan fingerprint density at radius 2 is 1.85 bits per heavy atom. The molecule has 0 radical (unpaired) electrons. The van der Waals surface area contributed by atoms with Gasteiger partial charge in [0.1, 0.15) is 11.5 Å². The van der Waals surface area contributed by atoms with E-state index >= 15 is 0 Å². The Balaban J connectivity index is 1.49. The van der Waals surface area contributed by atoms with Crippen molar-refractivity contribution >= 4 is 17.5 Å². The lowest BCUT2D eigenvalue weighted by Gasteiger charge is -2.27. The SMILES string of the molecule is COc1ccc(C(=O)N2CCOCC2)cc1NCC(=O)NCCc1ccc(OC(F)F)cc1. The summed E-state index contributed by atoms with van der Waals surface area (Å²) in [5, 5.41) is 5.81. The van der Waals surface area contributed by atoms with Gasteiger partial charge in [0.05, 0.1) is 32.6 Å². The van der Waals surface area contributed by atoms with Crippen LogP contribution in [0.4, 0.5) is 14.5 Å². The Labute approximate surface area is 190 Å². The fraction of sp³-hybridized carbons (Fsp3) is 0.391. The monoisotopic (exact) mass is 463 g/mol. The maximum Gasteiger partial charge on any atom is 0.387 e. The number of nitrogens with one attached hydrogen (secondary N) is 2. The number of ether oxygens (including phenoxy) is 3. The summed E-state index contributed by atoms with van der Waals surface area (Å²) in [5.74, 6) is 0.274. The summed E-state index contributed by atoms with van der Waals surface area (Å²) in [6.45, 7) is -0.383. The third-order valence-electron chi connectivity index (χ3n) is 5.07. The minimum Gasteiger partial charge on any atom is -0.495 e. The molecule has 0 saturated carbocycles. The molecule has 0 aromatic heterocycles. The van der Waals surface area contributed by atoms with Gasteiger partial charge in [-0.3, -0.25) is 9.59 Å². The van der Waals surface area contributed by atoms with Crippen molar-refractivity contribution < 1.29 is 32.6 Å². The first kappa shape index (κ1) is 24.2. The fourth-order valence-corrected chi connectivity index (χ4v) is 3.35. The van der Waals surface area contributed by atoms with Crippen LogP contribution < -0.4 is 20.1 Å². The van der Waals surface area contributed by atoms with Gasteiger partial charge in [-0.15, -0.1) is 0 Å². The molecule has 2 amide bonds. The molecule has 1 heterocycles. The molecule has 0 aliphatic carbocycles. The largest absolute Gasteiger partial charge is 0.495 e. The summed E-state index contributed by atoms with van der Waals surface area (Å²) in [5.41, 5.74) is 1.92. The zero-order valence-corrected chi connectivity index (χ0v) is 18.3. The Morgan fingerprint density at radius 3 is 2.52 bits per heavy atom. The first-order chi connectivity index (χ1) is 16.0. The molecular formula is C23H27F2N3O5. The number of rotatable bonds is 10. The normalized spacial score (nSPS) is 13.5. The summed E-state index contributed by atoms with van der Waals surface area (Å²) in [6.07, 6.45) is 0.535. The van der Waals surface area contributed by atoms with E-state index in [1.165, 1.54) is 19.2 Å². The number of morpholine rings is 1. The summed E-state index contributed by atoms with van der Waals surface area (Å²) >= 11 is 0. The van der Waals surface area contributed by atoms with Crippen LogP contribution in [0.25, 0.3) is 0 Å². The molecule has 2 aromatic carbocycles. The van der Waals surface area contributed by atoms with Gasteiger partial charge in [0.15, 0.2) is 0 Å². The van der Waals surface area contributed by atoms with Crippen molar-refractivity contribution in [3.63, 3.8) is 0 Å². The van der Waals surface area contributed by atoms with Gasteiger partial charge in [-0.25, -0.2) is 0 Å². The van der Waals surface area contributed by atoms with E-state index < -0.39 is 6.61 Å². The number of carbonyl (C=O) groups excluding carboxylic acids is 2. The molecule has 3 rings (SSSR count). The average molecular weight is 463 g/mol. The van der Waals surface area contributed by atoms with Gasteiger partial charge < -0.3 is 29.7 Å². The minimum absolute atomic E-state index is 0.00722. The van der Waals surface area contributed by atoms with Crippen LogP contribution in [-0.2, 0) is 16.0 Å². The zero-order valence-electron chi connectivity index (χ0n) is 18.3. The first-order valence-corrected chi connectivity index (χ1v) is 10.6. The van der Waals surface area contributed by atoms with Gasteiger partial charge in [-0.2, -0.15) is 8.78 Å². The standard InChI is InChI=1S/C23H27F2N3O5/c1-31-20-7-4-17(22(30)28-10-12-32-13-11-28)14-19(20)27-15-21(29)26-9-8-16-2-5-18(6-3-16)33-23(24)25/h2-7,14,23,27H,8-13,15H2,1H3,(H,26,29). The fourth-order valence-electron chi connectivity index (χ4n) is 3.35. The molecule has 178 valence electrons. The van der Waals surface area contributed by atoms with Crippen molar-refractivity contribution in [1.82, 2.24) is 10.2 Å². The smallest absolute Gasteiger partial charge is 0.387 e. The number of benzene rings is 2. The zero-order chi connectivity index (χ0) is 23.6. The van der Waals surface area contributed by atoms with Crippen LogP contribution in [0.5, 0.6) is 11.5 Å². The number of nitrogens with zero attached hydrogens (tertiary/aromatic N) is 1. The van der Waals surface area contributed by atoms with E-state index in [-0.39, 0.29) is 24.1 Å². The van der Waals surface area contributed by atoms with Crippen LogP contribution in [0.1, 0.15) is 15.9 Å². The number of hydrogen-bond acceptors (Lipinski definition) is 6. The summed E-state index contributed by atoms with van der Waals surface area (Å²) in [4.78, 5) is 26.7. The third-order valence-corrected chi connectivity index (χ3v) is 5.07. The molecule has 8 nitrogen and oxygen atoms in total.